The minimum absolute atomic E-state index is 0.114. The van der Waals surface area contributed by atoms with Crippen LogP contribution in [0.25, 0.3) is 0 Å². The number of amides is 3. The number of carbonyl (C=O) groups is 3. The van der Waals surface area contributed by atoms with Gasteiger partial charge in [0.1, 0.15) is 6.04 Å². The number of benzene rings is 3. The van der Waals surface area contributed by atoms with Gasteiger partial charge in [-0.3, -0.25) is 24.5 Å². The van der Waals surface area contributed by atoms with Crippen LogP contribution in [0.5, 0.6) is 0 Å². The largest absolute Gasteiger partial charge is 0.322 e. The molecule has 0 spiro atoms. The lowest BCUT2D eigenvalue weighted by atomic mass is 10.1. The van der Waals surface area contributed by atoms with Crippen molar-refractivity contribution in [2.75, 3.05) is 4.90 Å². The van der Waals surface area contributed by atoms with Crippen LogP contribution in [0.1, 0.15) is 27.9 Å². The average Bonchev–Trinajstić information content (AvgIpc) is 3.12. The van der Waals surface area contributed by atoms with Crippen molar-refractivity contribution in [3.8, 4) is 0 Å². The number of nitro groups is 1. The van der Waals surface area contributed by atoms with E-state index in [9.17, 15) is 24.5 Å². The summed E-state index contributed by atoms with van der Waals surface area (Å²) in [7, 11) is 0. The Kier molecular flexibility index (Phi) is 5.99. The maximum atomic E-state index is 13.5. The van der Waals surface area contributed by atoms with Crippen molar-refractivity contribution in [3.63, 3.8) is 0 Å². The van der Waals surface area contributed by atoms with Gasteiger partial charge >= 0.3 is 0 Å². The lowest BCUT2D eigenvalue weighted by Gasteiger charge is -2.28. The number of para-hydroxylation sites is 1. The van der Waals surface area contributed by atoms with Gasteiger partial charge in [0, 0.05) is 24.2 Å². The first-order valence-electron chi connectivity index (χ1n) is 10.4. The van der Waals surface area contributed by atoms with E-state index in [4.69, 9.17) is 0 Å². The van der Waals surface area contributed by atoms with Gasteiger partial charge in [0.15, 0.2) is 0 Å². The molecule has 4 rings (SSSR count). The third kappa shape index (κ3) is 4.50. The molecule has 0 bridgehead atoms. The lowest BCUT2D eigenvalue weighted by Crippen LogP contribution is -2.45. The van der Waals surface area contributed by atoms with E-state index in [0.717, 1.165) is 16.0 Å². The molecule has 8 nitrogen and oxygen atoms in total. The van der Waals surface area contributed by atoms with E-state index in [-0.39, 0.29) is 30.1 Å². The van der Waals surface area contributed by atoms with E-state index in [2.05, 4.69) is 0 Å². The van der Waals surface area contributed by atoms with Crippen molar-refractivity contribution in [2.45, 2.75) is 25.9 Å². The zero-order chi connectivity index (χ0) is 23.5. The van der Waals surface area contributed by atoms with Crippen LogP contribution in [0.3, 0.4) is 0 Å². The Morgan fingerprint density at radius 1 is 1.00 bits per heavy atom. The van der Waals surface area contributed by atoms with Gasteiger partial charge in [0.05, 0.1) is 17.0 Å². The highest BCUT2D eigenvalue weighted by Gasteiger charge is 2.44. The van der Waals surface area contributed by atoms with E-state index in [1.807, 2.05) is 31.2 Å². The molecule has 166 valence electrons. The molecule has 0 aromatic heterocycles. The van der Waals surface area contributed by atoms with Crippen molar-refractivity contribution < 1.29 is 19.3 Å². The summed E-state index contributed by atoms with van der Waals surface area (Å²) in [6.45, 7) is 2.06. The topological polar surface area (TPSA) is 101 Å². The van der Waals surface area contributed by atoms with Crippen LogP contribution in [0, 0.1) is 17.0 Å². The van der Waals surface area contributed by atoms with E-state index in [1.165, 1.54) is 29.2 Å². The second-order valence-electron chi connectivity index (χ2n) is 7.85. The molecule has 1 saturated heterocycles. The Balaban J connectivity index is 1.68. The number of non-ortho nitro benzene ring substituents is 1. The molecule has 1 aliphatic rings. The fourth-order valence-electron chi connectivity index (χ4n) is 3.81. The van der Waals surface area contributed by atoms with E-state index in [1.54, 1.807) is 30.3 Å². The summed E-state index contributed by atoms with van der Waals surface area (Å²) in [6, 6.07) is 20.3. The summed E-state index contributed by atoms with van der Waals surface area (Å²) in [5, 5.41) is 11.0. The lowest BCUT2D eigenvalue weighted by molar-refractivity contribution is -0.384. The summed E-state index contributed by atoms with van der Waals surface area (Å²) < 4.78 is 0. The number of nitrogens with zero attached hydrogens (tertiary/aromatic N) is 3. The van der Waals surface area contributed by atoms with Crippen LogP contribution < -0.4 is 4.90 Å². The van der Waals surface area contributed by atoms with Crippen molar-refractivity contribution in [3.05, 3.63) is 106 Å². The average molecular weight is 443 g/mol. The molecule has 1 heterocycles. The number of hydrogen-bond acceptors (Lipinski definition) is 5. The highest BCUT2D eigenvalue weighted by atomic mass is 16.6. The van der Waals surface area contributed by atoms with E-state index in [0.29, 0.717) is 5.69 Å². The minimum Gasteiger partial charge on any atom is -0.322 e. The molecule has 3 aromatic carbocycles. The summed E-state index contributed by atoms with van der Waals surface area (Å²) in [5.74, 6) is -1.35. The monoisotopic (exact) mass is 443 g/mol. The normalized spacial score (nSPS) is 15.5. The SMILES string of the molecule is Cc1ccc(CN(C(=O)c2ccc([N+](=O)[O-])cc2)C2CC(=O)N(c3ccccc3)C2=O)cc1. The zero-order valence-electron chi connectivity index (χ0n) is 17.9. The maximum Gasteiger partial charge on any atom is 0.269 e. The predicted molar refractivity (Wildman–Crippen MR) is 121 cm³/mol. The van der Waals surface area contributed by atoms with Crippen molar-refractivity contribution in [1.82, 2.24) is 4.90 Å². The maximum absolute atomic E-state index is 13.5. The van der Waals surface area contributed by atoms with Crippen molar-refractivity contribution in [2.24, 2.45) is 0 Å². The number of nitro benzene ring substituents is 1. The molecular weight excluding hydrogens is 422 g/mol. The van der Waals surface area contributed by atoms with Gasteiger partial charge in [-0.2, -0.15) is 0 Å². The number of rotatable bonds is 6. The highest BCUT2D eigenvalue weighted by Crippen LogP contribution is 2.28. The smallest absolute Gasteiger partial charge is 0.269 e. The van der Waals surface area contributed by atoms with Gasteiger partial charge in [-0.15, -0.1) is 0 Å². The van der Waals surface area contributed by atoms with Crippen LogP contribution in [-0.4, -0.2) is 33.6 Å². The molecule has 33 heavy (non-hydrogen) atoms. The third-order valence-electron chi connectivity index (χ3n) is 5.57. The number of carbonyl (C=O) groups excluding carboxylic acids is 3. The molecule has 0 aliphatic carbocycles. The second kappa shape index (κ2) is 9.04. The molecule has 1 atom stereocenters. The summed E-state index contributed by atoms with van der Waals surface area (Å²) in [6.07, 6.45) is -0.141. The Hall–Kier alpha value is -4.33. The van der Waals surface area contributed by atoms with Gasteiger partial charge in [0.25, 0.3) is 17.5 Å². The van der Waals surface area contributed by atoms with Crippen LogP contribution in [0.2, 0.25) is 0 Å². The molecule has 8 heteroatoms. The van der Waals surface area contributed by atoms with Gasteiger partial charge in [-0.25, -0.2) is 4.90 Å². The third-order valence-corrected chi connectivity index (χ3v) is 5.57. The fraction of sp³-hybridized carbons (Fsp3) is 0.160. The predicted octanol–water partition coefficient (Wildman–Crippen LogP) is 3.88. The quantitative estimate of drug-likeness (QED) is 0.327. The van der Waals surface area contributed by atoms with Gasteiger partial charge < -0.3 is 4.90 Å². The fourth-order valence-corrected chi connectivity index (χ4v) is 3.81. The molecule has 0 radical (unpaired) electrons. The summed E-state index contributed by atoms with van der Waals surface area (Å²) >= 11 is 0. The van der Waals surface area contributed by atoms with Gasteiger partial charge in [-0.1, -0.05) is 48.0 Å². The molecule has 1 unspecified atom stereocenters. The first-order valence-corrected chi connectivity index (χ1v) is 10.4. The molecule has 1 aliphatic heterocycles. The number of anilines is 1. The molecule has 0 N–H and O–H groups in total. The second-order valence-corrected chi connectivity index (χ2v) is 7.85. The molecule has 1 fully saturated rings. The summed E-state index contributed by atoms with van der Waals surface area (Å²) in [5.41, 5.74) is 2.36. The van der Waals surface area contributed by atoms with Crippen LogP contribution in [-0.2, 0) is 16.1 Å². The molecular formula is C25H21N3O5. The minimum atomic E-state index is -0.985. The Morgan fingerprint density at radius 3 is 2.24 bits per heavy atom. The van der Waals surface area contributed by atoms with E-state index >= 15 is 0 Å². The van der Waals surface area contributed by atoms with Crippen LogP contribution in [0.15, 0.2) is 78.9 Å². The first-order chi connectivity index (χ1) is 15.8. The molecule has 3 aromatic rings. The number of aryl methyl sites for hydroxylation is 1. The summed E-state index contributed by atoms with van der Waals surface area (Å²) in [4.78, 5) is 52.4. The van der Waals surface area contributed by atoms with Crippen molar-refractivity contribution in [1.29, 1.82) is 0 Å². The Bertz CT molecular complexity index is 1210. The standard InChI is InChI=1S/C25H21N3O5/c1-17-7-9-18(10-8-17)16-26(24(30)19-11-13-21(14-12-19)28(32)33)22-15-23(29)27(25(22)31)20-5-3-2-4-6-20/h2-14,22H,15-16H2,1H3. The van der Waals surface area contributed by atoms with Crippen molar-refractivity contribution >= 4 is 29.1 Å². The van der Waals surface area contributed by atoms with Crippen LogP contribution in [0.4, 0.5) is 11.4 Å². The highest BCUT2D eigenvalue weighted by molar-refractivity contribution is 6.23. The van der Waals surface area contributed by atoms with E-state index < -0.39 is 22.8 Å². The molecule has 0 saturated carbocycles. The molecule has 3 amide bonds. The van der Waals surface area contributed by atoms with Gasteiger partial charge in [-0.05, 0) is 36.8 Å². The van der Waals surface area contributed by atoms with Gasteiger partial charge in [0.2, 0.25) is 5.91 Å². The zero-order valence-corrected chi connectivity index (χ0v) is 17.9. The Morgan fingerprint density at radius 2 is 1.64 bits per heavy atom. The number of imide groups is 1. The Labute approximate surface area is 190 Å². The first kappa shape index (κ1) is 21.9. The number of hydrogen-bond donors (Lipinski definition) is 0. The van der Waals surface area contributed by atoms with Crippen LogP contribution >= 0.6 is 0 Å².